The minimum Gasteiger partial charge on any atom is -0.240 e. The Hall–Kier alpha value is -2.05. The Kier molecular flexibility index (Phi) is 5.23. The number of benzene rings is 2. The third-order valence-corrected chi connectivity index (χ3v) is 7.53. The lowest BCUT2D eigenvalue weighted by Gasteiger charge is -2.13. The monoisotopic (exact) mass is 403 g/mol. The number of nitrogens with zero attached hydrogens (tertiary/aromatic N) is 1. The van der Waals surface area contributed by atoms with E-state index in [9.17, 15) is 12.8 Å². The Balaban J connectivity index is 2.31. The van der Waals surface area contributed by atoms with Crippen LogP contribution in [0.4, 0.5) is 4.39 Å². The average Bonchev–Trinajstić information content (AvgIpc) is 3.08. The van der Waals surface area contributed by atoms with Crippen molar-refractivity contribution in [3.05, 3.63) is 59.4 Å². The molecule has 0 N–H and O–H groups in total. The average molecular weight is 404 g/mol. The van der Waals surface area contributed by atoms with Crippen LogP contribution in [-0.4, -0.2) is 19.2 Å². The molecule has 0 bridgehead atoms. The lowest BCUT2D eigenvalue weighted by Crippen LogP contribution is -2.10. The Labute approximate surface area is 163 Å². The highest BCUT2D eigenvalue weighted by atomic mass is 32.2. The number of sulfone groups is 1. The first-order chi connectivity index (χ1) is 12.6. The number of hydrogen-bond donors (Lipinski definition) is 0. The molecule has 1 heterocycles. The van der Waals surface area contributed by atoms with Crippen molar-refractivity contribution in [2.45, 2.75) is 38.0 Å². The molecule has 1 aromatic heterocycles. The molecule has 0 spiro atoms. The zero-order valence-electron chi connectivity index (χ0n) is 15.8. The van der Waals surface area contributed by atoms with E-state index < -0.39 is 9.84 Å². The van der Waals surface area contributed by atoms with Crippen LogP contribution in [0.5, 0.6) is 0 Å². The van der Waals surface area contributed by atoms with E-state index in [1.54, 1.807) is 31.2 Å². The van der Waals surface area contributed by atoms with E-state index >= 15 is 0 Å². The van der Waals surface area contributed by atoms with Gasteiger partial charge < -0.3 is 0 Å². The minimum absolute atomic E-state index is 0.0286. The molecule has 6 heteroatoms. The molecular weight excluding hydrogens is 381 g/mol. The summed E-state index contributed by atoms with van der Waals surface area (Å²) in [6.07, 6.45) is 0. The van der Waals surface area contributed by atoms with Crippen LogP contribution in [0, 0.1) is 5.82 Å². The fourth-order valence-corrected chi connectivity index (χ4v) is 5.06. The lowest BCUT2D eigenvalue weighted by atomic mass is 9.98. The number of aromatic nitrogens is 1. The molecule has 27 heavy (non-hydrogen) atoms. The number of halogens is 1. The summed E-state index contributed by atoms with van der Waals surface area (Å²) in [5.74, 6) is -0.290. The molecule has 0 radical (unpaired) electrons. The summed E-state index contributed by atoms with van der Waals surface area (Å²) in [6.45, 7) is 7.84. The highest BCUT2D eigenvalue weighted by molar-refractivity contribution is 7.91. The number of thiazole rings is 1. The van der Waals surface area contributed by atoms with Gasteiger partial charge >= 0.3 is 0 Å². The van der Waals surface area contributed by atoms with Gasteiger partial charge in [0.25, 0.3) is 0 Å². The summed E-state index contributed by atoms with van der Waals surface area (Å²) >= 11 is 1.49. The maximum Gasteiger partial charge on any atom is 0.178 e. The van der Waals surface area contributed by atoms with Crippen LogP contribution < -0.4 is 0 Å². The summed E-state index contributed by atoms with van der Waals surface area (Å²) in [5, 5.41) is 0.903. The smallest absolute Gasteiger partial charge is 0.178 e. The van der Waals surface area contributed by atoms with E-state index in [2.05, 4.69) is 20.8 Å². The number of rotatable bonds is 4. The molecule has 0 aliphatic carbocycles. The quantitative estimate of drug-likeness (QED) is 0.561. The third-order valence-electron chi connectivity index (χ3n) is 4.23. The molecule has 2 aromatic carbocycles. The number of hydrogen-bond acceptors (Lipinski definition) is 4. The molecule has 142 valence electrons. The van der Waals surface area contributed by atoms with E-state index in [0.717, 1.165) is 15.4 Å². The van der Waals surface area contributed by atoms with Crippen LogP contribution in [0.2, 0.25) is 0 Å². The largest absolute Gasteiger partial charge is 0.240 e. The molecule has 0 aliphatic heterocycles. The van der Waals surface area contributed by atoms with Crippen LogP contribution in [0.3, 0.4) is 0 Å². The first kappa shape index (κ1) is 19.7. The van der Waals surface area contributed by atoms with Gasteiger partial charge in [-0.1, -0.05) is 45.9 Å². The first-order valence-corrected chi connectivity index (χ1v) is 11.2. The Morgan fingerprint density at radius 2 is 1.67 bits per heavy atom. The predicted molar refractivity (Wildman–Crippen MR) is 109 cm³/mol. The summed E-state index contributed by atoms with van der Waals surface area (Å²) in [7, 11) is -3.39. The zero-order valence-corrected chi connectivity index (χ0v) is 17.4. The summed E-state index contributed by atoms with van der Waals surface area (Å²) < 4.78 is 38.6. The van der Waals surface area contributed by atoms with Gasteiger partial charge in [0.1, 0.15) is 5.82 Å². The lowest BCUT2D eigenvalue weighted by molar-refractivity contribution is 0.586. The van der Waals surface area contributed by atoms with Gasteiger partial charge in [0.2, 0.25) is 0 Å². The summed E-state index contributed by atoms with van der Waals surface area (Å²) in [4.78, 5) is 5.90. The van der Waals surface area contributed by atoms with Gasteiger partial charge in [0.15, 0.2) is 9.84 Å². The van der Waals surface area contributed by atoms with E-state index in [4.69, 9.17) is 4.98 Å². The van der Waals surface area contributed by atoms with Gasteiger partial charge in [0.05, 0.1) is 26.2 Å². The van der Waals surface area contributed by atoms with Gasteiger partial charge in [-0.2, -0.15) is 0 Å². The molecule has 0 saturated heterocycles. The van der Waals surface area contributed by atoms with Crippen molar-refractivity contribution < 1.29 is 12.8 Å². The van der Waals surface area contributed by atoms with Crippen molar-refractivity contribution >= 4 is 21.2 Å². The second kappa shape index (κ2) is 7.17. The Morgan fingerprint density at radius 3 is 2.26 bits per heavy atom. The van der Waals surface area contributed by atoms with Crippen molar-refractivity contribution in [3.63, 3.8) is 0 Å². The van der Waals surface area contributed by atoms with Crippen molar-refractivity contribution in [1.29, 1.82) is 0 Å². The van der Waals surface area contributed by atoms with Gasteiger partial charge in [-0.05, 0) is 30.3 Å². The molecule has 0 fully saturated rings. The molecule has 3 rings (SSSR count). The van der Waals surface area contributed by atoms with Gasteiger partial charge in [-0.3, -0.25) is 0 Å². The van der Waals surface area contributed by atoms with E-state index in [-0.39, 0.29) is 17.0 Å². The van der Waals surface area contributed by atoms with E-state index in [1.807, 2.05) is 12.1 Å². The second-order valence-electron chi connectivity index (χ2n) is 7.35. The van der Waals surface area contributed by atoms with Crippen LogP contribution >= 0.6 is 11.3 Å². The molecule has 3 nitrogen and oxygen atoms in total. The normalized spacial score (nSPS) is 12.3. The van der Waals surface area contributed by atoms with Crippen molar-refractivity contribution in [1.82, 2.24) is 4.98 Å². The SMILES string of the molecule is CCS(=O)(=O)c1ccccc1-c1sc(C(C)(C)C)nc1-c1ccc(F)cc1. The molecule has 0 aliphatic rings. The van der Waals surface area contributed by atoms with Crippen LogP contribution in [0.1, 0.15) is 32.7 Å². The van der Waals surface area contributed by atoms with Crippen molar-refractivity contribution in [2.24, 2.45) is 0 Å². The first-order valence-electron chi connectivity index (χ1n) is 8.73. The third kappa shape index (κ3) is 3.96. The van der Waals surface area contributed by atoms with Crippen LogP contribution in [0.25, 0.3) is 21.7 Å². The minimum atomic E-state index is -3.39. The van der Waals surface area contributed by atoms with Crippen molar-refractivity contribution in [3.8, 4) is 21.7 Å². The predicted octanol–water partition coefficient (Wildman–Crippen LogP) is 5.71. The Bertz CT molecular complexity index is 1060. The standard InChI is InChI=1S/C21H22FNO2S2/c1-5-27(24,25)17-9-7-6-8-16(17)19-18(14-10-12-15(22)13-11-14)23-20(26-19)21(2,3)4/h6-13H,5H2,1-4H3. The molecule has 3 aromatic rings. The summed E-state index contributed by atoms with van der Waals surface area (Å²) in [5.41, 5.74) is 1.91. The molecule has 0 saturated carbocycles. The molecular formula is C21H22FNO2S2. The highest BCUT2D eigenvalue weighted by Crippen LogP contribution is 2.42. The van der Waals surface area contributed by atoms with Gasteiger partial charge in [-0.25, -0.2) is 17.8 Å². The maximum absolute atomic E-state index is 13.4. The summed E-state index contributed by atoms with van der Waals surface area (Å²) in [6, 6.07) is 13.2. The van der Waals surface area contributed by atoms with Gasteiger partial charge in [0, 0.05) is 16.5 Å². The topological polar surface area (TPSA) is 47.0 Å². The van der Waals surface area contributed by atoms with Crippen LogP contribution in [0.15, 0.2) is 53.4 Å². The van der Waals surface area contributed by atoms with Gasteiger partial charge in [-0.15, -0.1) is 11.3 Å². The zero-order chi connectivity index (χ0) is 19.8. The fraction of sp³-hybridized carbons (Fsp3) is 0.286. The second-order valence-corrected chi connectivity index (χ2v) is 10.6. The van der Waals surface area contributed by atoms with Crippen molar-refractivity contribution in [2.75, 3.05) is 5.75 Å². The molecule has 0 amide bonds. The molecule has 0 unspecified atom stereocenters. The highest BCUT2D eigenvalue weighted by Gasteiger charge is 2.26. The fourth-order valence-electron chi connectivity index (χ4n) is 2.71. The van der Waals surface area contributed by atoms with Crippen LogP contribution in [-0.2, 0) is 15.3 Å². The molecule has 0 atom stereocenters. The maximum atomic E-state index is 13.4. The van der Waals surface area contributed by atoms with E-state index in [1.165, 1.54) is 23.5 Å². The van der Waals surface area contributed by atoms with E-state index in [0.29, 0.717) is 16.2 Å². The Morgan fingerprint density at radius 1 is 1.04 bits per heavy atom.